The number of thiol groups is 1. The topological polar surface area (TPSA) is 0 Å². The highest BCUT2D eigenvalue weighted by Gasteiger charge is 1.94. The summed E-state index contributed by atoms with van der Waals surface area (Å²) in [6, 6.07) is 14.7. The summed E-state index contributed by atoms with van der Waals surface area (Å²) in [6.07, 6.45) is 0. The van der Waals surface area contributed by atoms with E-state index in [0.29, 0.717) is 15.1 Å². The first-order chi connectivity index (χ1) is 7.59. The van der Waals surface area contributed by atoms with Crippen LogP contribution in [0.5, 0.6) is 0 Å². The Morgan fingerprint density at radius 1 is 0.750 bits per heavy atom. The van der Waals surface area contributed by atoms with Crippen LogP contribution in [0.3, 0.4) is 0 Å². The quantitative estimate of drug-likeness (QED) is 0.472. The first kappa shape index (κ1) is 13.7. The van der Waals surface area contributed by atoms with Crippen molar-refractivity contribution in [2.75, 3.05) is 0 Å². The normalized spacial score (nSPS) is 9.25. The van der Waals surface area contributed by atoms with Crippen LogP contribution in [0.25, 0.3) is 0 Å². The highest BCUT2D eigenvalue weighted by Crippen LogP contribution is 2.24. The van der Waals surface area contributed by atoms with Gasteiger partial charge in [0.05, 0.1) is 10.0 Å². The molecule has 0 bridgehead atoms. The van der Waals surface area contributed by atoms with E-state index in [-0.39, 0.29) is 0 Å². The second-order valence-corrected chi connectivity index (χ2v) is 4.66. The third-order valence-electron chi connectivity index (χ3n) is 1.64. The van der Waals surface area contributed by atoms with E-state index in [2.05, 4.69) is 12.6 Å². The Morgan fingerprint density at radius 2 is 1.38 bits per heavy atom. The van der Waals surface area contributed by atoms with Crippen LogP contribution in [0.1, 0.15) is 0 Å². The first-order valence-corrected chi connectivity index (χ1v) is 6.02. The zero-order chi connectivity index (χ0) is 12.0. The fourth-order valence-electron chi connectivity index (χ4n) is 0.898. The molecule has 0 N–H and O–H groups in total. The molecule has 0 aromatic heterocycles. The van der Waals surface area contributed by atoms with Crippen molar-refractivity contribution in [2.45, 2.75) is 4.90 Å². The van der Waals surface area contributed by atoms with Gasteiger partial charge in [-0.25, -0.2) is 0 Å². The lowest BCUT2D eigenvalue weighted by atomic mass is 10.4. The number of benzene rings is 2. The molecule has 0 aliphatic carbocycles. The summed E-state index contributed by atoms with van der Waals surface area (Å²) in [5.41, 5.74) is 0. The van der Waals surface area contributed by atoms with Gasteiger partial charge in [0.1, 0.15) is 0 Å². The second-order valence-electron chi connectivity index (χ2n) is 2.89. The Hall–Kier alpha value is -0.340. The lowest BCUT2D eigenvalue weighted by molar-refractivity contribution is 1.48. The minimum absolute atomic E-state index is 0.490. The molecule has 0 unspecified atom stereocenters. The summed E-state index contributed by atoms with van der Waals surface area (Å²) >= 11 is 20.8. The monoisotopic (exact) mass is 290 g/mol. The number of halogens is 3. The van der Waals surface area contributed by atoms with Gasteiger partial charge in [-0.3, -0.25) is 0 Å². The molecule has 2 aromatic carbocycles. The standard InChI is InChI=1S/C6H3Cl3.C6H6S/c7-4-1-2-5(8)6(9)3-4;7-6-4-2-1-3-5-6/h1-3H;1-5,7H. The third kappa shape index (κ3) is 5.13. The van der Waals surface area contributed by atoms with E-state index < -0.39 is 0 Å². The molecule has 0 radical (unpaired) electrons. The summed E-state index contributed by atoms with van der Waals surface area (Å²) < 4.78 is 0. The van der Waals surface area contributed by atoms with E-state index in [1.807, 2.05) is 30.3 Å². The molecular weight excluding hydrogens is 283 g/mol. The molecule has 4 heteroatoms. The summed E-state index contributed by atoms with van der Waals surface area (Å²) in [5.74, 6) is 0. The van der Waals surface area contributed by atoms with E-state index in [1.54, 1.807) is 18.2 Å². The van der Waals surface area contributed by atoms with Gasteiger partial charge in [0.15, 0.2) is 0 Å². The van der Waals surface area contributed by atoms with Gasteiger partial charge in [-0.05, 0) is 30.3 Å². The van der Waals surface area contributed by atoms with Crippen molar-refractivity contribution in [3.05, 3.63) is 63.6 Å². The Balaban J connectivity index is 0.000000165. The van der Waals surface area contributed by atoms with Crippen molar-refractivity contribution < 1.29 is 0 Å². The smallest absolute Gasteiger partial charge is 0.0607 e. The maximum absolute atomic E-state index is 5.60. The lowest BCUT2D eigenvalue weighted by Crippen LogP contribution is -1.66. The molecule has 0 aliphatic rings. The molecule has 0 heterocycles. The highest BCUT2D eigenvalue weighted by molar-refractivity contribution is 7.80. The molecule has 0 fully saturated rings. The van der Waals surface area contributed by atoms with Crippen molar-refractivity contribution in [3.8, 4) is 0 Å². The molecule has 2 aromatic rings. The zero-order valence-electron chi connectivity index (χ0n) is 8.20. The van der Waals surface area contributed by atoms with Crippen molar-refractivity contribution in [1.29, 1.82) is 0 Å². The van der Waals surface area contributed by atoms with Gasteiger partial charge in [0.25, 0.3) is 0 Å². The second kappa shape index (κ2) is 7.08. The average Bonchev–Trinajstić information content (AvgIpc) is 2.26. The van der Waals surface area contributed by atoms with E-state index in [1.165, 1.54) is 0 Å². The van der Waals surface area contributed by atoms with Gasteiger partial charge < -0.3 is 0 Å². The van der Waals surface area contributed by atoms with Gasteiger partial charge in [-0.1, -0.05) is 53.0 Å². The van der Waals surface area contributed by atoms with E-state index in [9.17, 15) is 0 Å². The zero-order valence-corrected chi connectivity index (χ0v) is 11.4. The average molecular weight is 292 g/mol. The van der Waals surface area contributed by atoms with Crippen LogP contribution in [0.15, 0.2) is 53.4 Å². The maximum atomic E-state index is 5.60. The van der Waals surface area contributed by atoms with Gasteiger partial charge in [0, 0.05) is 9.92 Å². The van der Waals surface area contributed by atoms with Gasteiger partial charge >= 0.3 is 0 Å². The van der Waals surface area contributed by atoms with Crippen LogP contribution in [-0.2, 0) is 0 Å². The van der Waals surface area contributed by atoms with Crippen molar-refractivity contribution in [2.24, 2.45) is 0 Å². The van der Waals surface area contributed by atoms with Crippen molar-refractivity contribution in [1.82, 2.24) is 0 Å². The third-order valence-corrected chi connectivity index (χ3v) is 2.91. The van der Waals surface area contributed by atoms with Crippen molar-refractivity contribution >= 4 is 47.4 Å². The SMILES string of the molecule is Clc1ccc(Cl)c(Cl)c1.Sc1ccccc1. The van der Waals surface area contributed by atoms with Crippen LogP contribution >= 0.6 is 47.4 Å². The molecule has 16 heavy (non-hydrogen) atoms. The molecule has 2 rings (SSSR count). The molecule has 0 saturated carbocycles. The highest BCUT2D eigenvalue weighted by atomic mass is 35.5. The minimum Gasteiger partial charge on any atom is -0.143 e. The van der Waals surface area contributed by atoms with Crippen LogP contribution < -0.4 is 0 Å². The lowest BCUT2D eigenvalue weighted by Gasteiger charge is -1.92. The van der Waals surface area contributed by atoms with Gasteiger partial charge in [-0.15, -0.1) is 12.6 Å². The fourth-order valence-corrected chi connectivity index (χ4v) is 1.60. The molecule has 0 saturated heterocycles. The summed E-state index contributed by atoms with van der Waals surface area (Å²) in [4.78, 5) is 1.02. The molecule has 0 nitrogen and oxygen atoms in total. The summed E-state index contributed by atoms with van der Waals surface area (Å²) in [7, 11) is 0. The Kier molecular flexibility index (Phi) is 6.07. The molecule has 0 aliphatic heterocycles. The van der Waals surface area contributed by atoms with Crippen LogP contribution in [0.4, 0.5) is 0 Å². The molecule has 84 valence electrons. The molecule has 0 spiro atoms. The Bertz CT molecular complexity index is 443. The van der Waals surface area contributed by atoms with Gasteiger partial charge in [0.2, 0.25) is 0 Å². The largest absolute Gasteiger partial charge is 0.143 e. The van der Waals surface area contributed by atoms with Crippen molar-refractivity contribution in [3.63, 3.8) is 0 Å². The number of rotatable bonds is 0. The summed E-state index contributed by atoms with van der Waals surface area (Å²) in [6.45, 7) is 0. The molecule has 0 amide bonds. The summed E-state index contributed by atoms with van der Waals surface area (Å²) in [5, 5.41) is 1.62. The van der Waals surface area contributed by atoms with E-state index in [4.69, 9.17) is 34.8 Å². The van der Waals surface area contributed by atoms with Crippen LogP contribution in [-0.4, -0.2) is 0 Å². The number of hydrogen-bond donors (Lipinski definition) is 1. The Labute approximate surface area is 116 Å². The van der Waals surface area contributed by atoms with Gasteiger partial charge in [-0.2, -0.15) is 0 Å². The predicted octanol–water partition coefficient (Wildman–Crippen LogP) is 5.62. The van der Waals surface area contributed by atoms with Crippen LogP contribution in [0, 0.1) is 0 Å². The Morgan fingerprint density at radius 3 is 1.75 bits per heavy atom. The number of hydrogen-bond acceptors (Lipinski definition) is 1. The van der Waals surface area contributed by atoms with Crippen LogP contribution in [0.2, 0.25) is 15.1 Å². The van der Waals surface area contributed by atoms with E-state index in [0.717, 1.165) is 4.90 Å². The predicted molar refractivity (Wildman–Crippen MR) is 75.2 cm³/mol. The maximum Gasteiger partial charge on any atom is 0.0607 e. The fraction of sp³-hybridized carbons (Fsp3) is 0. The first-order valence-electron chi connectivity index (χ1n) is 4.44. The molecule has 0 atom stereocenters. The molecular formula is C12H9Cl3S. The van der Waals surface area contributed by atoms with E-state index >= 15 is 0 Å². The minimum atomic E-state index is 0.490.